The Morgan fingerprint density at radius 1 is 0.972 bits per heavy atom. The van der Waals surface area contributed by atoms with Gasteiger partial charge in [-0.25, -0.2) is 9.37 Å². The van der Waals surface area contributed by atoms with Crippen LogP contribution in [0.4, 0.5) is 4.39 Å². The second kappa shape index (κ2) is 10.9. The number of aromatic hydroxyl groups is 1. The highest BCUT2D eigenvalue weighted by Crippen LogP contribution is 2.29. The molecule has 0 spiro atoms. The van der Waals surface area contributed by atoms with Crippen molar-refractivity contribution in [1.82, 2.24) is 20.6 Å². The summed E-state index contributed by atoms with van der Waals surface area (Å²) in [6.45, 7) is 1.51. The van der Waals surface area contributed by atoms with Gasteiger partial charge >= 0.3 is 0 Å². The van der Waals surface area contributed by atoms with Crippen LogP contribution in [-0.4, -0.2) is 44.6 Å². The summed E-state index contributed by atoms with van der Waals surface area (Å²) in [5.41, 5.74) is 2.01. The number of halogens is 1. The van der Waals surface area contributed by atoms with Crippen molar-refractivity contribution in [1.29, 1.82) is 0 Å². The van der Waals surface area contributed by atoms with Crippen LogP contribution in [0.5, 0.6) is 5.75 Å². The van der Waals surface area contributed by atoms with E-state index in [9.17, 15) is 24.2 Å². The van der Waals surface area contributed by atoms with E-state index in [-0.39, 0.29) is 41.3 Å². The number of benzene rings is 2. The third-order valence-corrected chi connectivity index (χ3v) is 5.57. The summed E-state index contributed by atoms with van der Waals surface area (Å²) in [5.74, 6) is -2.11. The molecule has 8 nitrogen and oxygen atoms in total. The molecule has 1 atom stereocenters. The number of aromatic nitrogens is 2. The zero-order chi connectivity index (χ0) is 25.7. The fourth-order valence-corrected chi connectivity index (χ4v) is 3.68. The maximum atomic E-state index is 13.3. The first kappa shape index (κ1) is 24.7. The largest absolute Gasteiger partial charge is 0.504 e. The van der Waals surface area contributed by atoms with Gasteiger partial charge in [0, 0.05) is 24.2 Å². The van der Waals surface area contributed by atoms with Gasteiger partial charge in [0.1, 0.15) is 17.0 Å². The van der Waals surface area contributed by atoms with Crippen molar-refractivity contribution in [2.45, 2.75) is 25.9 Å². The number of rotatable bonds is 8. The quantitative estimate of drug-likeness (QED) is 0.302. The Kier molecular flexibility index (Phi) is 7.50. The maximum Gasteiger partial charge on any atom is 0.274 e. The summed E-state index contributed by atoms with van der Waals surface area (Å²) in [6, 6.07) is 16.4. The Labute approximate surface area is 206 Å². The molecule has 0 radical (unpaired) electrons. The minimum absolute atomic E-state index is 0.0412. The fourth-order valence-electron chi connectivity index (χ4n) is 3.68. The molecule has 4 N–H and O–H groups in total. The van der Waals surface area contributed by atoms with Crippen molar-refractivity contribution in [2.24, 2.45) is 0 Å². The number of nitrogens with zero attached hydrogens (tertiary/aromatic N) is 2. The number of aliphatic hydroxyl groups excluding tert-OH is 1. The molecule has 1 unspecified atom stereocenters. The predicted octanol–water partition coefficient (Wildman–Crippen LogP) is 3.11. The molecule has 0 aliphatic heterocycles. The molecule has 184 valence electrons. The van der Waals surface area contributed by atoms with Gasteiger partial charge in [0.25, 0.3) is 11.8 Å². The molecular weight excluding hydrogens is 463 g/mol. The first-order valence-electron chi connectivity index (χ1n) is 11.4. The normalized spacial score (nSPS) is 11.8. The van der Waals surface area contributed by atoms with Crippen LogP contribution in [0.1, 0.15) is 44.6 Å². The van der Waals surface area contributed by atoms with E-state index in [1.54, 1.807) is 25.1 Å². The second-order valence-corrected chi connectivity index (χ2v) is 8.43. The van der Waals surface area contributed by atoms with E-state index < -0.39 is 23.6 Å². The third-order valence-electron chi connectivity index (χ3n) is 5.57. The summed E-state index contributed by atoms with van der Waals surface area (Å²) >= 11 is 0. The van der Waals surface area contributed by atoms with Crippen LogP contribution < -0.4 is 10.6 Å². The van der Waals surface area contributed by atoms with Crippen molar-refractivity contribution >= 4 is 22.7 Å². The highest BCUT2D eigenvalue weighted by molar-refractivity contribution is 6.09. The summed E-state index contributed by atoms with van der Waals surface area (Å²) in [6.07, 6.45) is 1.93. The van der Waals surface area contributed by atoms with Crippen molar-refractivity contribution in [3.8, 4) is 5.75 Å². The van der Waals surface area contributed by atoms with Gasteiger partial charge in [0.05, 0.1) is 6.61 Å². The molecular formula is C27H25FN4O4. The van der Waals surface area contributed by atoms with Gasteiger partial charge in [0.2, 0.25) is 0 Å². The van der Waals surface area contributed by atoms with Gasteiger partial charge in [-0.15, -0.1) is 0 Å². The Bertz CT molecular complexity index is 1390. The smallest absolute Gasteiger partial charge is 0.274 e. The number of carbonyl (C=O) groups excluding carboxylic acids is 2. The molecule has 4 aromatic rings. The standard InChI is InChI=1S/C27H25FN4O4/c1-16(15-33)31-27(36)24-25(34)22-21(12-19(14-29-22)11-17-7-9-20(28)10-8-17)23(32-24)26(35)30-13-18-5-3-2-4-6-18/h2-10,12,14,16,33-34H,11,13,15H2,1H3,(H,30,35)(H,31,36). The molecule has 0 aliphatic carbocycles. The van der Waals surface area contributed by atoms with Gasteiger partial charge in [-0.1, -0.05) is 42.5 Å². The van der Waals surface area contributed by atoms with Gasteiger partial charge in [-0.05, 0) is 48.2 Å². The van der Waals surface area contributed by atoms with Crippen LogP contribution >= 0.6 is 0 Å². The van der Waals surface area contributed by atoms with E-state index >= 15 is 0 Å². The predicted molar refractivity (Wildman–Crippen MR) is 132 cm³/mol. The summed E-state index contributed by atoms with van der Waals surface area (Å²) < 4.78 is 13.3. The summed E-state index contributed by atoms with van der Waals surface area (Å²) in [5, 5.41) is 25.7. The molecule has 0 saturated heterocycles. The molecule has 0 fully saturated rings. The molecule has 2 aromatic heterocycles. The lowest BCUT2D eigenvalue weighted by Crippen LogP contribution is -2.36. The van der Waals surface area contributed by atoms with Crippen LogP contribution in [0.25, 0.3) is 10.9 Å². The zero-order valence-electron chi connectivity index (χ0n) is 19.5. The average molecular weight is 489 g/mol. The Hall–Kier alpha value is -4.37. The van der Waals surface area contributed by atoms with Crippen LogP contribution in [0, 0.1) is 5.82 Å². The molecule has 2 amide bonds. The minimum atomic E-state index is -0.745. The highest BCUT2D eigenvalue weighted by Gasteiger charge is 2.24. The van der Waals surface area contributed by atoms with Gasteiger partial charge in [-0.2, -0.15) is 0 Å². The first-order chi connectivity index (χ1) is 17.4. The molecule has 0 bridgehead atoms. The number of carbonyl (C=O) groups is 2. The van der Waals surface area contributed by atoms with E-state index in [0.717, 1.165) is 11.1 Å². The minimum Gasteiger partial charge on any atom is -0.504 e. The van der Waals surface area contributed by atoms with E-state index in [2.05, 4.69) is 20.6 Å². The SMILES string of the molecule is CC(CO)NC(=O)c1nc(C(=O)NCc2ccccc2)c2cc(Cc3ccc(F)cc3)cnc2c1O. The number of amides is 2. The summed E-state index contributed by atoms with van der Waals surface area (Å²) in [7, 11) is 0. The summed E-state index contributed by atoms with van der Waals surface area (Å²) in [4.78, 5) is 34.5. The number of hydrogen-bond donors (Lipinski definition) is 4. The number of hydrogen-bond acceptors (Lipinski definition) is 6. The Balaban J connectivity index is 1.74. The molecule has 0 saturated carbocycles. The monoisotopic (exact) mass is 488 g/mol. The molecule has 36 heavy (non-hydrogen) atoms. The van der Waals surface area contributed by atoms with E-state index in [1.165, 1.54) is 18.3 Å². The van der Waals surface area contributed by atoms with Crippen molar-refractivity contribution in [3.05, 3.63) is 101 Å². The van der Waals surface area contributed by atoms with Crippen LogP contribution in [0.15, 0.2) is 66.9 Å². The molecule has 9 heteroatoms. The van der Waals surface area contributed by atoms with Crippen molar-refractivity contribution in [2.75, 3.05) is 6.61 Å². The van der Waals surface area contributed by atoms with Gasteiger partial charge in [0.15, 0.2) is 11.4 Å². The molecule has 2 aromatic carbocycles. The molecule has 0 aliphatic rings. The number of aliphatic hydroxyl groups is 1. The second-order valence-electron chi connectivity index (χ2n) is 8.43. The first-order valence-corrected chi connectivity index (χ1v) is 11.4. The fraction of sp³-hybridized carbons (Fsp3) is 0.185. The van der Waals surface area contributed by atoms with Crippen LogP contribution in [-0.2, 0) is 13.0 Å². The average Bonchev–Trinajstić information content (AvgIpc) is 2.89. The number of nitrogens with one attached hydrogen (secondary N) is 2. The lowest BCUT2D eigenvalue weighted by molar-refractivity contribution is 0.0914. The lowest BCUT2D eigenvalue weighted by atomic mass is 10.0. The third kappa shape index (κ3) is 5.64. The van der Waals surface area contributed by atoms with E-state index in [4.69, 9.17) is 0 Å². The highest BCUT2D eigenvalue weighted by atomic mass is 19.1. The maximum absolute atomic E-state index is 13.3. The van der Waals surface area contributed by atoms with E-state index in [1.807, 2.05) is 30.3 Å². The molecule has 4 rings (SSSR count). The van der Waals surface area contributed by atoms with Crippen molar-refractivity contribution in [3.63, 3.8) is 0 Å². The van der Waals surface area contributed by atoms with Gasteiger partial charge < -0.3 is 20.8 Å². The topological polar surface area (TPSA) is 124 Å². The number of pyridine rings is 2. The Morgan fingerprint density at radius 2 is 1.69 bits per heavy atom. The zero-order valence-corrected chi connectivity index (χ0v) is 19.5. The van der Waals surface area contributed by atoms with Crippen molar-refractivity contribution < 1.29 is 24.2 Å². The van der Waals surface area contributed by atoms with E-state index in [0.29, 0.717) is 12.0 Å². The number of fused-ring (bicyclic) bond motifs is 1. The van der Waals surface area contributed by atoms with Crippen LogP contribution in [0.3, 0.4) is 0 Å². The molecule has 2 heterocycles. The van der Waals surface area contributed by atoms with Crippen LogP contribution in [0.2, 0.25) is 0 Å². The van der Waals surface area contributed by atoms with Gasteiger partial charge in [-0.3, -0.25) is 14.6 Å². The lowest BCUT2D eigenvalue weighted by Gasteiger charge is -2.15. The Morgan fingerprint density at radius 3 is 2.39 bits per heavy atom.